The first-order chi connectivity index (χ1) is 10.7. The standard InChI is InChI=1S/C20H22F2/c1-3-5-7-13-8-9-17-15(10-13)12-16-11-14(6-4-2)19(21)20(22)18(16)17/h8-11H,3-7,12H2,1-2H3. The summed E-state index contributed by atoms with van der Waals surface area (Å²) in [7, 11) is 0. The van der Waals surface area contributed by atoms with Crippen LogP contribution in [0.4, 0.5) is 8.78 Å². The highest BCUT2D eigenvalue weighted by Crippen LogP contribution is 2.40. The lowest BCUT2D eigenvalue weighted by Crippen LogP contribution is -1.98. The van der Waals surface area contributed by atoms with Gasteiger partial charge in [-0.2, -0.15) is 0 Å². The molecular weight excluding hydrogens is 278 g/mol. The molecule has 0 unspecified atom stereocenters. The van der Waals surface area contributed by atoms with Gasteiger partial charge in [0, 0.05) is 5.56 Å². The molecule has 0 amide bonds. The number of fused-ring (bicyclic) bond motifs is 3. The van der Waals surface area contributed by atoms with Gasteiger partial charge < -0.3 is 0 Å². The SMILES string of the molecule is CCCCc1ccc2c(c1)Cc1cc(CCC)c(F)c(F)c1-2. The van der Waals surface area contributed by atoms with E-state index in [1.807, 2.05) is 19.1 Å². The third-order valence-corrected chi connectivity index (χ3v) is 4.52. The van der Waals surface area contributed by atoms with Crippen molar-refractivity contribution in [2.45, 2.75) is 52.4 Å². The third-order valence-electron chi connectivity index (χ3n) is 4.52. The number of benzene rings is 2. The highest BCUT2D eigenvalue weighted by atomic mass is 19.2. The zero-order chi connectivity index (χ0) is 15.7. The summed E-state index contributed by atoms with van der Waals surface area (Å²) in [6, 6.07) is 8.06. The predicted molar refractivity (Wildman–Crippen MR) is 87.2 cm³/mol. The molecule has 0 bridgehead atoms. The first-order valence-electron chi connectivity index (χ1n) is 8.27. The van der Waals surface area contributed by atoms with E-state index in [0.717, 1.165) is 48.8 Å². The van der Waals surface area contributed by atoms with Crippen LogP contribution in [0.1, 0.15) is 55.4 Å². The minimum atomic E-state index is -0.666. The van der Waals surface area contributed by atoms with Crippen molar-refractivity contribution in [1.82, 2.24) is 0 Å². The molecule has 1 aliphatic rings. The minimum Gasteiger partial charge on any atom is -0.203 e. The zero-order valence-electron chi connectivity index (χ0n) is 13.3. The maximum absolute atomic E-state index is 14.5. The minimum absolute atomic E-state index is 0.481. The summed E-state index contributed by atoms with van der Waals surface area (Å²) in [6.45, 7) is 4.16. The molecule has 22 heavy (non-hydrogen) atoms. The Kier molecular flexibility index (Phi) is 4.28. The molecule has 2 heteroatoms. The summed E-state index contributed by atoms with van der Waals surface area (Å²) in [5.74, 6) is -1.33. The quantitative estimate of drug-likeness (QED) is 0.556. The highest BCUT2D eigenvalue weighted by molar-refractivity contribution is 5.78. The number of rotatable bonds is 5. The monoisotopic (exact) mass is 300 g/mol. The molecule has 0 radical (unpaired) electrons. The van der Waals surface area contributed by atoms with E-state index in [1.54, 1.807) is 0 Å². The second-order valence-corrected chi connectivity index (χ2v) is 6.22. The summed E-state index contributed by atoms with van der Waals surface area (Å²) in [5, 5.41) is 0. The van der Waals surface area contributed by atoms with E-state index in [9.17, 15) is 8.78 Å². The van der Waals surface area contributed by atoms with E-state index >= 15 is 0 Å². The fourth-order valence-corrected chi connectivity index (χ4v) is 3.40. The van der Waals surface area contributed by atoms with E-state index in [-0.39, 0.29) is 0 Å². The normalized spacial score (nSPS) is 12.4. The maximum atomic E-state index is 14.5. The van der Waals surface area contributed by atoms with E-state index < -0.39 is 11.6 Å². The van der Waals surface area contributed by atoms with E-state index in [2.05, 4.69) is 19.1 Å². The van der Waals surface area contributed by atoms with Gasteiger partial charge >= 0.3 is 0 Å². The van der Waals surface area contributed by atoms with Crippen molar-refractivity contribution in [2.24, 2.45) is 0 Å². The van der Waals surface area contributed by atoms with Crippen molar-refractivity contribution in [1.29, 1.82) is 0 Å². The van der Waals surface area contributed by atoms with Crippen LogP contribution in [-0.2, 0) is 19.3 Å². The van der Waals surface area contributed by atoms with Gasteiger partial charge in [0.2, 0.25) is 0 Å². The van der Waals surface area contributed by atoms with Crippen molar-refractivity contribution < 1.29 is 8.78 Å². The second kappa shape index (κ2) is 6.20. The predicted octanol–water partition coefficient (Wildman–Crippen LogP) is 5.83. The van der Waals surface area contributed by atoms with Crippen LogP contribution in [0, 0.1) is 11.6 Å². The molecule has 0 aromatic heterocycles. The summed E-state index contributed by atoms with van der Waals surface area (Å²) in [6.07, 6.45) is 5.51. The van der Waals surface area contributed by atoms with Gasteiger partial charge in [-0.25, -0.2) is 8.78 Å². The van der Waals surface area contributed by atoms with Gasteiger partial charge in [-0.3, -0.25) is 0 Å². The first kappa shape index (κ1) is 15.2. The Morgan fingerprint density at radius 2 is 1.73 bits per heavy atom. The Labute approximate surface area is 131 Å². The number of halogens is 2. The molecule has 0 N–H and O–H groups in total. The van der Waals surface area contributed by atoms with Gasteiger partial charge in [0.25, 0.3) is 0 Å². The molecule has 0 spiro atoms. The van der Waals surface area contributed by atoms with Gasteiger partial charge in [0.15, 0.2) is 11.6 Å². The van der Waals surface area contributed by atoms with Crippen molar-refractivity contribution in [3.8, 4) is 11.1 Å². The number of unbranched alkanes of at least 4 members (excludes halogenated alkanes) is 1. The summed E-state index contributed by atoms with van der Waals surface area (Å²) >= 11 is 0. The average molecular weight is 300 g/mol. The lowest BCUT2D eigenvalue weighted by molar-refractivity contribution is 0.500. The first-order valence-corrected chi connectivity index (χ1v) is 8.27. The summed E-state index contributed by atoms with van der Waals surface area (Å²) in [4.78, 5) is 0. The van der Waals surface area contributed by atoms with Crippen molar-refractivity contribution in [3.63, 3.8) is 0 Å². The lowest BCUT2D eigenvalue weighted by Gasteiger charge is -2.09. The van der Waals surface area contributed by atoms with Crippen LogP contribution in [0.15, 0.2) is 24.3 Å². The third kappa shape index (κ3) is 2.55. The molecule has 2 aromatic carbocycles. The van der Waals surface area contributed by atoms with Gasteiger partial charge in [-0.05, 0) is 53.5 Å². The molecule has 0 aliphatic heterocycles. The van der Waals surface area contributed by atoms with E-state index in [0.29, 0.717) is 17.5 Å². The number of hydrogen-bond acceptors (Lipinski definition) is 0. The van der Waals surface area contributed by atoms with Crippen LogP contribution in [0.25, 0.3) is 11.1 Å². The fourth-order valence-electron chi connectivity index (χ4n) is 3.40. The van der Waals surface area contributed by atoms with Gasteiger partial charge in [0.1, 0.15) is 0 Å². The molecule has 0 atom stereocenters. The summed E-state index contributed by atoms with van der Waals surface area (Å²) < 4.78 is 28.7. The largest absolute Gasteiger partial charge is 0.203 e. The van der Waals surface area contributed by atoms with E-state index in [1.165, 1.54) is 5.56 Å². The Morgan fingerprint density at radius 1 is 0.909 bits per heavy atom. The molecular formula is C20H22F2. The highest BCUT2D eigenvalue weighted by Gasteiger charge is 2.26. The van der Waals surface area contributed by atoms with Crippen LogP contribution in [0.5, 0.6) is 0 Å². The lowest BCUT2D eigenvalue weighted by atomic mass is 9.98. The smallest absolute Gasteiger partial charge is 0.167 e. The Bertz CT molecular complexity index is 701. The van der Waals surface area contributed by atoms with Crippen LogP contribution in [0.2, 0.25) is 0 Å². The molecule has 116 valence electrons. The van der Waals surface area contributed by atoms with Gasteiger partial charge in [-0.1, -0.05) is 51.0 Å². The molecule has 0 fully saturated rings. The van der Waals surface area contributed by atoms with Crippen LogP contribution in [0.3, 0.4) is 0 Å². The molecule has 3 rings (SSSR count). The fraction of sp³-hybridized carbons (Fsp3) is 0.400. The van der Waals surface area contributed by atoms with Crippen molar-refractivity contribution in [3.05, 3.63) is 58.2 Å². The van der Waals surface area contributed by atoms with Crippen molar-refractivity contribution in [2.75, 3.05) is 0 Å². The van der Waals surface area contributed by atoms with Gasteiger partial charge in [-0.15, -0.1) is 0 Å². The van der Waals surface area contributed by atoms with E-state index in [4.69, 9.17) is 0 Å². The topological polar surface area (TPSA) is 0 Å². The van der Waals surface area contributed by atoms with Crippen LogP contribution in [-0.4, -0.2) is 0 Å². The zero-order valence-corrected chi connectivity index (χ0v) is 13.3. The van der Waals surface area contributed by atoms with Crippen LogP contribution >= 0.6 is 0 Å². The second-order valence-electron chi connectivity index (χ2n) is 6.22. The van der Waals surface area contributed by atoms with Gasteiger partial charge in [0.05, 0.1) is 0 Å². The average Bonchev–Trinajstić information content (AvgIpc) is 2.88. The summed E-state index contributed by atoms with van der Waals surface area (Å²) in [5.41, 5.74) is 5.23. The van der Waals surface area contributed by atoms with Crippen molar-refractivity contribution >= 4 is 0 Å². The molecule has 0 saturated heterocycles. The molecule has 2 aromatic rings. The molecule has 0 heterocycles. The number of hydrogen-bond donors (Lipinski definition) is 0. The maximum Gasteiger partial charge on any atom is 0.167 e. The molecule has 1 aliphatic carbocycles. The van der Waals surface area contributed by atoms with Crippen LogP contribution < -0.4 is 0 Å². The Balaban J connectivity index is 2.02. The molecule has 0 saturated carbocycles. The Morgan fingerprint density at radius 3 is 2.45 bits per heavy atom. The Hall–Kier alpha value is -1.70. The number of aryl methyl sites for hydroxylation is 2. The molecule has 0 nitrogen and oxygen atoms in total.